The van der Waals surface area contributed by atoms with Crippen molar-refractivity contribution >= 4 is 20.1 Å². The molecule has 0 fully saturated rings. The number of thiophene rings is 1. The lowest BCUT2D eigenvalue weighted by molar-refractivity contribution is 0.122. The first-order valence-corrected chi connectivity index (χ1v) is 9.25. The van der Waals surface area contributed by atoms with Gasteiger partial charge in [0.25, 0.3) is 0 Å². The van der Waals surface area contributed by atoms with E-state index in [2.05, 4.69) is 17.5 Å². The minimum atomic E-state index is -2.33. The Morgan fingerprint density at radius 1 is 1.00 bits per heavy atom. The predicted molar refractivity (Wildman–Crippen MR) is 78.1 cm³/mol. The molecular weight excluding hydrogens is 264 g/mol. The molecule has 104 valence electrons. The van der Waals surface area contributed by atoms with E-state index in [1.807, 2.05) is 11.3 Å². The third-order valence-electron chi connectivity index (χ3n) is 3.17. The quantitative estimate of drug-likeness (QED) is 0.485. The summed E-state index contributed by atoms with van der Waals surface area (Å²) in [5.74, 6) is 0. The Kier molecular flexibility index (Phi) is 7.77. The summed E-state index contributed by atoms with van der Waals surface area (Å²) in [6, 6.07) is 5.24. The largest absolute Gasteiger partial charge is 0.500 e. The summed E-state index contributed by atoms with van der Waals surface area (Å²) in [5, 5.41) is 2.14. The van der Waals surface area contributed by atoms with Crippen LogP contribution in [0.1, 0.15) is 30.6 Å². The summed E-state index contributed by atoms with van der Waals surface area (Å²) in [7, 11) is 2.70. The van der Waals surface area contributed by atoms with Gasteiger partial charge in [0.2, 0.25) is 0 Å². The Labute approximate surface area is 115 Å². The van der Waals surface area contributed by atoms with E-state index in [0.717, 1.165) is 12.5 Å². The molecule has 0 saturated carbocycles. The van der Waals surface area contributed by atoms with Gasteiger partial charge >= 0.3 is 8.80 Å². The average molecular weight is 288 g/mol. The molecule has 0 aliphatic rings. The third-order valence-corrected chi connectivity index (χ3v) is 6.94. The van der Waals surface area contributed by atoms with Crippen molar-refractivity contribution in [3.63, 3.8) is 0 Å². The Bertz CT molecular complexity index is 291. The zero-order chi connectivity index (χ0) is 13.3. The molecule has 5 heteroatoms. The molecule has 1 rings (SSSR count). The zero-order valence-corrected chi connectivity index (χ0v) is 13.4. The van der Waals surface area contributed by atoms with E-state index < -0.39 is 8.80 Å². The molecule has 0 aliphatic heterocycles. The highest BCUT2D eigenvalue weighted by Crippen LogP contribution is 2.18. The number of hydrogen-bond donors (Lipinski definition) is 0. The molecule has 3 nitrogen and oxygen atoms in total. The molecule has 0 aliphatic carbocycles. The van der Waals surface area contributed by atoms with Crippen LogP contribution in [0.5, 0.6) is 0 Å². The molecule has 0 spiro atoms. The van der Waals surface area contributed by atoms with Crippen LogP contribution in [-0.2, 0) is 19.7 Å². The standard InChI is InChI=1S/C13H24O3SSi/c1-14-18(15-2,16-3)12-7-5-4-6-9-13-10-8-11-17-13/h8,10-11H,4-7,9,12H2,1-3H3. The van der Waals surface area contributed by atoms with Crippen LogP contribution >= 0.6 is 11.3 Å². The van der Waals surface area contributed by atoms with Crippen molar-refractivity contribution in [1.29, 1.82) is 0 Å². The maximum atomic E-state index is 5.40. The lowest BCUT2D eigenvalue weighted by Gasteiger charge is -2.24. The molecule has 0 amide bonds. The maximum Gasteiger partial charge on any atom is 0.500 e. The molecule has 0 atom stereocenters. The lowest BCUT2D eigenvalue weighted by Crippen LogP contribution is -2.42. The van der Waals surface area contributed by atoms with E-state index in [1.54, 1.807) is 21.3 Å². The van der Waals surface area contributed by atoms with E-state index >= 15 is 0 Å². The number of hydrogen-bond acceptors (Lipinski definition) is 4. The van der Waals surface area contributed by atoms with Crippen LogP contribution < -0.4 is 0 Å². The smallest absolute Gasteiger partial charge is 0.377 e. The normalized spacial score (nSPS) is 11.9. The fraction of sp³-hybridized carbons (Fsp3) is 0.692. The SMILES string of the molecule is CO[Si](CCCCCCc1cccs1)(OC)OC. The molecule has 0 bridgehead atoms. The Morgan fingerprint density at radius 3 is 2.22 bits per heavy atom. The van der Waals surface area contributed by atoms with Crippen molar-refractivity contribution in [1.82, 2.24) is 0 Å². The molecular formula is C13H24O3SSi. The highest BCUT2D eigenvalue weighted by Gasteiger charge is 2.36. The van der Waals surface area contributed by atoms with Crippen molar-refractivity contribution in [3.8, 4) is 0 Å². The fourth-order valence-electron chi connectivity index (χ4n) is 2.01. The molecule has 0 aromatic carbocycles. The Hall–Kier alpha value is -0.203. The van der Waals surface area contributed by atoms with Gasteiger partial charge in [0.05, 0.1) is 0 Å². The lowest BCUT2D eigenvalue weighted by atomic mass is 10.1. The Balaban J connectivity index is 2.07. The van der Waals surface area contributed by atoms with Gasteiger partial charge < -0.3 is 13.3 Å². The molecule has 0 radical (unpaired) electrons. The number of rotatable bonds is 10. The van der Waals surface area contributed by atoms with Crippen LogP contribution in [0.2, 0.25) is 6.04 Å². The molecule has 1 heterocycles. The second kappa shape index (κ2) is 8.82. The highest BCUT2D eigenvalue weighted by molar-refractivity contribution is 7.09. The second-order valence-electron chi connectivity index (χ2n) is 4.29. The van der Waals surface area contributed by atoms with Gasteiger partial charge in [-0.25, -0.2) is 0 Å². The van der Waals surface area contributed by atoms with E-state index in [4.69, 9.17) is 13.3 Å². The van der Waals surface area contributed by atoms with E-state index in [9.17, 15) is 0 Å². The van der Waals surface area contributed by atoms with Gasteiger partial charge in [-0.3, -0.25) is 0 Å². The van der Waals surface area contributed by atoms with Crippen molar-refractivity contribution in [3.05, 3.63) is 22.4 Å². The van der Waals surface area contributed by atoms with Crippen LogP contribution in [0.25, 0.3) is 0 Å². The van der Waals surface area contributed by atoms with Gasteiger partial charge in [-0.05, 0) is 30.7 Å². The monoisotopic (exact) mass is 288 g/mol. The van der Waals surface area contributed by atoms with Crippen LogP contribution in [0.4, 0.5) is 0 Å². The van der Waals surface area contributed by atoms with Gasteiger partial charge in [0.15, 0.2) is 0 Å². The Morgan fingerprint density at radius 2 is 1.67 bits per heavy atom. The van der Waals surface area contributed by atoms with Crippen LogP contribution in [0, 0.1) is 0 Å². The predicted octanol–water partition coefficient (Wildman–Crippen LogP) is 3.73. The van der Waals surface area contributed by atoms with Crippen LogP contribution in [0.3, 0.4) is 0 Å². The number of unbranched alkanes of at least 4 members (excludes halogenated alkanes) is 3. The first kappa shape index (κ1) is 15.9. The van der Waals surface area contributed by atoms with Gasteiger partial charge in [-0.1, -0.05) is 18.9 Å². The minimum Gasteiger partial charge on any atom is -0.377 e. The summed E-state index contributed by atoms with van der Waals surface area (Å²) in [6.07, 6.45) is 6.07. The van der Waals surface area contributed by atoms with E-state index in [1.165, 1.54) is 30.6 Å². The molecule has 0 saturated heterocycles. The van der Waals surface area contributed by atoms with Gasteiger partial charge in [0, 0.05) is 32.3 Å². The van der Waals surface area contributed by atoms with Crippen molar-refractivity contribution in [2.24, 2.45) is 0 Å². The van der Waals surface area contributed by atoms with Crippen molar-refractivity contribution in [2.75, 3.05) is 21.3 Å². The summed E-state index contributed by atoms with van der Waals surface area (Å²) in [5.41, 5.74) is 0. The molecule has 0 N–H and O–H groups in total. The van der Waals surface area contributed by atoms with Crippen LogP contribution in [0.15, 0.2) is 17.5 Å². The van der Waals surface area contributed by atoms with Crippen LogP contribution in [-0.4, -0.2) is 30.1 Å². The summed E-state index contributed by atoms with van der Waals surface area (Å²) in [4.78, 5) is 1.49. The molecule has 1 aromatic heterocycles. The number of aryl methyl sites for hydroxylation is 1. The van der Waals surface area contributed by atoms with Gasteiger partial charge in [0.1, 0.15) is 0 Å². The summed E-state index contributed by atoms with van der Waals surface area (Å²) >= 11 is 1.85. The highest BCUT2D eigenvalue weighted by atomic mass is 32.1. The zero-order valence-electron chi connectivity index (χ0n) is 11.6. The third kappa shape index (κ3) is 5.20. The first-order valence-electron chi connectivity index (χ1n) is 6.44. The van der Waals surface area contributed by atoms with Gasteiger partial charge in [-0.2, -0.15) is 0 Å². The molecule has 0 unspecified atom stereocenters. The van der Waals surface area contributed by atoms with Gasteiger partial charge in [-0.15, -0.1) is 11.3 Å². The van der Waals surface area contributed by atoms with Crippen molar-refractivity contribution < 1.29 is 13.3 Å². The topological polar surface area (TPSA) is 27.7 Å². The summed E-state index contributed by atoms with van der Waals surface area (Å²) < 4.78 is 16.2. The minimum absolute atomic E-state index is 0.912. The molecule has 1 aromatic rings. The fourth-order valence-corrected chi connectivity index (χ4v) is 4.55. The first-order chi connectivity index (χ1) is 8.76. The second-order valence-corrected chi connectivity index (χ2v) is 8.41. The average Bonchev–Trinajstić information content (AvgIpc) is 2.92. The van der Waals surface area contributed by atoms with E-state index in [-0.39, 0.29) is 0 Å². The van der Waals surface area contributed by atoms with Crippen molar-refractivity contribution in [2.45, 2.75) is 38.1 Å². The van der Waals surface area contributed by atoms with E-state index in [0.29, 0.717) is 0 Å². The summed E-state index contributed by atoms with van der Waals surface area (Å²) in [6.45, 7) is 0. The molecule has 18 heavy (non-hydrogen) atoms. The maximum absolute atomic E-state index is 5.40.